The normalized spacial score (nSPS) is 17.0. The Morgan fingerprint density at radius 3 is 0.415 bits per heavy atom. The predicted molar refractivity (Wildman–Crippen MR) is 120 cm³/mol. The minimum Gasteiger partial charge on any atom is -0.628 e. The van der Waals surface area contributed by atoms with Crippen molar-refractivity contribution >= 4 is 68.4 Å². The first-order chi connectivity index (χ1) is 17.0. The second kappa shape index (κ2) is 10.7. The SMILES string of the molecule is O=P(O)(O)C([N+]([O-])(C(P(=O)(O)O)(P(=O)(O)O)P(=O)(O)O)C(P(=O)(O)O)(P(=O)(O)O)P(=O)(O)O)(P(=O)(O)O)P(=O)(O)O. The lowest BCUT2D eigenvalue weighted by atomic mass is 10.8. The maximum Gasteiger partial charge on any atom is 0.412 e. The summed E-state index contributed by atoms with van der Waals surface area (Å²) in [7, 11) is -79.3. The maximum absolute atomic E-state index is 14.5. The summed E-state index contributed by atoms with van der Waals surface area (Å²) < 4.78 is 81.6. The van der Waals surface area contributed by atoms with Gasteiger partial charge in [-0.15, -0.1) is 0 Å². The van der Waals surface area contributed by atoms with Crippen molar-refractivity contribution in [3.8, 4) is 0 Å². The van der Waals surface area contributed by atoms with Gasteiger partial charge in [0.15, 0.2) is 0 Å². The molecule has 0 aromatic rings. The molecule has 41 heavy (non-hydrogen) atoms. The Balaban J connectivity index is 10.9. The van der Waals surface area contributed by atoms with Crippen LogP contribution in [0.1, 0.15) is 0 Å². The molecule has 0 rings (SSSR count). The van der Waals surface area contributed by atoms with Crippen LogP contribution in [-0.4, -0.2) is 107 Å². The van der Waals surface area contributed by atoms with E-state index in [1.807, 2.05) is 0 Å². The molecular weight excluding hydrogens is 777 g/mol. The molecule has 38 heteroatoms. The fourth-order valence-corrected chi connectivity index (χ4v) is 24.1. The first kappa shape index (κ1) is 42.3. The highest BCUT2D eigenvalue weighted by atomic mass is 31.3. The van der Waals surface area contributed by atoms with E-state index in [9.17, 15) is 134 Å². The van der Waals surface area contributed by atoms with Gasteiger partial charge in [-0.2, -0.15) is 0 Å². The molecule has 248 valence electrons. The van der Waals surface area contributed by atoms with Gasteiger partial charge in [0.25, 0.3) is 0 Å². The molecule has 0 aromatic heterocycles. The summed E-state index contributed by atoms with van der Waals surface area (Å²) in [4.78, 5) is 174. The second-order valence-corrected chi connectivity index (χ2v) is 26.1. The summed E-state index contributed by atoms with van der Waals surface area (Å²) in [6.45, 7) is 0. The monoisotopic (exact) mass is 795 g/mol. The van der Waals surface area contributed by atoms with E-state index < -0.39 is 87.3 Å². The number of rotatable bonds is 12. The molecule has 0 radical (unpaired) electrons. The molecule has 0 aromatic carbocycles. The van der Waals surface area contributed by atoms with Crippen LogP contribution in [0.2, 0.25) is 0 Å². The molecule has 0 heterocycles. The lowest BCUT2D eigenvalue weighted by molar-refractivity contribution is -0.916. The standard InChI is InChI=1S/C3H18NO28P9/c5-4(1(33(6,7)8,34(9,10)11)35(12,13)14,2(36(15,16)17,37(18,19)20)38(21,22)23)3(39(24,25)26,40(27,28)29)41(30,31)32/h(H2,6,7,8)(H2,9,10,11)(H2,12,13,14)(H2,15,16,17)(H2,18,19,20)(H2,21,22,23)(H2,24,25,26)(H2,27,28,29)(H2,30,31,32). The Labute approximate surface area is 222 Å². The topological polar surface area (TPSA) is 541 Å². The van der Waals surface area contributed by atoms with Gasteiger partial charge in [0.2, 0.25) is 0 Å². The first-order valence-electron chi connectivity index (χ1n) is 8.11. The summed E-state index contributed by atoms with van der Waals surface area (Å²) >= 11 is 0. The van der Waals surface area contributed by atoms with E-state index in [1.165, 1.54) is 0 Å². The minimum absolute atomic E-state index is 7.15. The molecule has 0 spiro atoms. The zero-order valence-electron chi connectivity index (χ0n) is 18.1. The largest absolute Gasteiger partial charge is 0.628 e. The molecule has 0 fully saturated rings. The van der Waals surface area contributed by atoms with E-state index in [1.54, 1.807) is 0 Å². The Morgan fingerprint density at radius 2 is 0.366 bits per heavy atom. The molecular formula is C3H18NO28P9. The quantitative estimate of drug-likeness (QED) is 0.0505. The number of hydrogen-bond acceptors (Lipinski definition) is 10. The molecule has 0 atom stereocenters. The van der Waals surface area contributed by atoms with Gasteiger partial charge in [-0.1, -0.05) is 0 Å². The summed E-state index contributed by atoms with van der Waals surface area (Å²) in [6, 6.07) is 0. The summed E-state index contributed by atoms with van der Waals surface area (Å²) in [6.07, 6.45) is 0. The Morgan fingerprint density at radius 1 is 0.293 bits per heavy atom. The molecule has 0 aliphatic rings. The maximum atomic E-state index is 14.5. The number of hydrogen-bond donors (Lipinski definition) is 18. The number of quaternary nitrogens is 1. The summed E-state index contributed by atoms with van der Waals surface area (Å²) in [5.74, 6) is 0. The molecule has 0 unspecified atom stereocenters. The van der Waals surface area contributed by atoms with Crippen molar-refractivity contribution < 1.29 is 134 Å². The van der Waals surface area contributed by atoms with E-state index in [2.05, 4.69) is 0 Å². The Kier molecular flexibility index (Phi) is 11.0. The lowest BCUT2D eigenvalue weighted by Crippen LogP contribution is -2.78. The third kappa shape index (κ3) is 5.33. The van der Waals surface area contributed by atoms with Gasteiger partial charge in [0, 0.05) is 0 Å². The van der Waals surface area contributed by atoms with Gasteiger partial charge in [-0.05, 0) is 0 Å². The Bertz CT molecular complexity index is 1150. The van der Waals surface area contributed by atoms with E-state index in [0.717, 1.165) is 0 Å². The molecule has 18 N–H and O–H groups in total. The van der Waals surface area contributed by atoms with Crippen molar-refractivity contribution in [1.82, 2.24) is 0 Å². The van der Waals surface area contributed by atoms with E-state index in [-0.39, 0.29) is 0 Å². The van der Waals surface area contributed by atoms with Crippen LogP contribution in [0.25, 0.3) is 0 Å². The fourth-order valence-electron chi connectivity index (χ4n) is 3.78. The lowest BCUT2D eigenvalue weighted by Gasteiger charge is -2.66. The van der Waals surface area contributed by atoms with Crippen LogP contribution in [-0.2, 0) is 41.1 Å². The zero-order valence-corrected chi connectivity index (χ0v) is 26.2. The van der Waals surface area contributed by atoms with Crippen LogP contribution in [0.4, 0.5) is 0 Å². The van der Waals surface area contributed by atoms with Crippen molar-refractivity contribution in [3.05, 3.63) is 5.21 Å². The molecule has 0 aliphatic carbocycles. The van der Waals surface area contributed by atoms with Crippen molar-refractivity contribution in [3.63, 3.8) is 0 Å². The molecule has 0 bridgehead atoms. The highest BCUT2D eigenvalue weighted by Gasteiger charge is 3.04. The molecule has 29 nitrogen and oxygen atoms in total. The smallest absolute Gasteiger partial charge is 0.412 e. The van der Waals surface area contributed by atoms with Crippen molar-refractivity contribution in [2.45, 2.75) is 14.3 Å². The molecule has 0 saturated heterocycles. The van der Waals surface area contributed by atoms with Crippen LogP contribution < -0.4 is 0 Å². The predicted octanol–water partition coefficient (Wildman–Crippen LogP) is -4.27. The van der Waals surface area contributed by atoms with Crippen LogP contribution in [0.5, 0.6) is 0 Å². The van der Waals surface area contributed by atoms with Gasteiger partial charge < -0.3 is 93.3 Å². The van der Waals surface area contributed by atoms with Crippen LogP contribution in [0.3, 0.4) is 0 Å². The van der Waals surface area contributed by atoms with Gasteiger partial charge >= 0.3 is 82.6 Å². The second-order valence-electron chi connectivity index (χ2n) is 7.31. The van der Waals surface area contributed by atoms with Gasteiger partial charge in [0.1, 0.15) is 0 Å². The highest BCUT2D eigenvalue weighted by molar-refractivity contribution is 7.92. The highest BCUT2D eigenvalue weighted by Crippen LogP contribution is 3.02. The summed E-state index contributed by atoms with van der Waals surface area (Å²) in [5, 5.41) is 14.5. The average molecular weight is 795 g/mol. The van der Waals surface area contributed by atoms with Crippen molar-refractivity contribution in [1.29, 1.82) is 0 Å². The third-order valence-corrected chi connectivity index (χ3v) is 28.4. The zero-order chi connectivity index (χ0) is 34.5. The van der Waals surface area contributed by atoms with Gasteiger partial charge in [-0.25, -0.2) is 0 Å². The van der Waals surface area contributed by atoms with Crippen molar-refractivity contribution in [2.24, 2.45) is 0 Å². The Hall–Kier alpha value is 1.27. The number of hydroxylamine groups is 3. The van der Waals surface area contributed by atoms with Crippen LogP contribution in [0, 0.1) is 5.21 Å². The van der Waals surface area contributed by atoms with Crippen LogP contribution in [0.15, 0.2) is 0 Å². The van der Waals surface area contributed by atoms with Crippen molar-refractivity contribution in [2.75, 3.05) is 0 Å². The fraction of sp³-hybridized carbons (Fsp3) is 1.00. The molecule has 0 saturated carbocycles. The molecule has 0 aliphatic heterocycles. The first-order valence-corrected chi connectivity index (χ1v) is 22.6. The third-order valence-electron chi connectivity index (χ3n) is 4.78. The van der Waals surface area contributed by atoms with Gasteiger partial charge in [0.05, 0.1) is 0 Å². The minimum atomic E-state index is -8.81. The van der Waals surface area contributed by atoms with Crippen LogP contribution >= 0.6 is 68.4 Å². The average Bonchev–Trinajstić information content (AvgIpc) is 2.40. The molecule has 0 amide bonds. The summed E-state index contributed by atoms with van der Waals surface area (Å²) in [5.41, 5.74) is 0. The van der Waals surface area contributed by atoms with E-state index in [4.69, 9.17) is 0 Å². The van der Waals surface area contributed by atoms with E-state index >= 15 is 0 Å². The number of nitrogens with zero attached hydrogens (tertiary/aromatic N) is 1. The van der Waals surface area contributed by atoms with E-state index in [0.29, 0.717) is 0 Å². The van der Waals surface area contributed by atoms with Gasteiger partial charge in [-0.3, -0.25) is 45.7 Å².